The highest BCUT2D eigenvalue weighted by atomic mass is 16.7. The molecule has 0 bridgehead atoms. The molecule has 406 valence electrons. The second-order valence-electron chi connectivity index (χ2n) is 21.7. The van der Waals surface area contributed by atoms with Gasteiger partial charge in [0.25, 0.3) is 0 Å². The van der Waals surface area contributed by atoms with Crippen molar-refractivity contribution in [2.75, 3.05) is 67.1 Å². The molecule has 4 aliphatic heterocycles. The topological polar surface area (TPSA) is 194 Å². The first-order chi connectivity index (χ1) is 33.5. The lowest BCUT2D eigenvalue weighted by atomic mass is 9.73. The van der Waals surface area contributed by atoms with Crippen molar-refractivity contribution in [2.45, 2.75) is 193 Å². The molecule has 4 heterocycles. The SMILES string of the molecule is CC[C@H]1OC(=O)[C@H](C)[C@@H](O[C@H]2C[C@@](C)(OC)[C@@H](O)[C@H](C)O2)[C@H](C)[C@@H](O[C@@H]2O[C@H](C)C[C@H](N(C)Cc3ccccc3)[C@H]2O)[C@@](C)(OC)C[C@@H](C)/C(=N\OC/C=C/CN2CCN(CC)CC2)[C@H](C)[C@@H](O)[C@]1(C)O. The molecule has 5 rings (SSSR count). The lowest BCUT2D eigenvalue weighted by molar-refractivity contribution is -0.319. The molecule has 0 spiro atoms. The molecule has 1 aromatic rings. The molecule has 4 aliphatic rings. The number of benzene rings is 1. The van der Waals surface area contributed by atoms with Crippen LogP contribution in [-0.2, 0) is 49.3 Å². The maximum absolute atomic E-state index is 14.7. The number of aliphatic hydroxyl groups is 4. The molecule has 17 nitrogen and oxygen atoms in total. The first kappa shape index (κ1) is 59.3. The van der Waals surface area contributed by atoms with E-state index >= 15 is 0 Å². The van der Waals surface area contributed by atoms with Crippen molar-refractivity contribution < 1.29 is 63.2 Å². The summed E-state index contributed by atoms with van der Waals surface area (Å²) in [5, 5.41) is 52.6. The number of carbonyl (C=O) groups excluding carboxylic acids is 1. The highest BCUT2D eigenvalue weighted by Crippen LogP contribution is 2.42. The molecule has 0 amide bonds. The molecular weight excluding hydrogens is 913 g/mol. The van der Waals surface area contributed by atoms with Gasteiger partial charge in [0.05, 0.1) is 53.4 Å². The predicted molar refractivity (Wildman–Crippen MR) is 271 cm³/mol. The van der Waals surface area contributed by atoms with Crippen LogP contribution >= 0.6 is 0 Å². The minimum atomic E-state index is -1.93. The largest absolute Gasteiger partial charge is 0.459 e. The third-order valence-corrected chi connectivity index (χ3v) is 16.3. The van der Waals surface area contributed by atoms with Crippen LogP contribution in [0.5, 0.6) is 0 Å². The fraction of sp³-hybridized carbons (Fsp3) is 0.815. The van der Waals surface area contributed by atoms with Crippen LogP contribution in [0.4, 0.5) is 0 Å². The Bertz CT molecular complexity index is 1840. The van der Waals surface area contributed by atoms with Crippen LogP contribution in [0.3, 0.4) is 0 Å². The summed E-state index contributed by atoms with van der Waals surface area (Å²) in [4.78, 5) is 27.7. The molecule has 0 aliphatic carbocycles. The lowest BCUT2D eigenvalue weighted by Crippen LogP contribution is -2.61. The van der Waals surface area contributed by atoms with Gasteiger partial charge in [0, 0.05) is 83.7 Å². The van der Waals surface area contributed by atoms with E-state index in [1.54, 1.807) is 41.7 Å². The van der Waals surface area contributed by atoms with E-state index in [9.17, 15) is 25.2 Å². The molecule has 4 N–H and O–H groups in total. The summed E-state index contributed by atoms with van der Waals surface area (Å²) in [5.41, 5.74) is -2.65. The smallest absolute Gasteiger partial charge is 0.311 e. The van der Waals surface area contributed by atoms with Crippen LogP contribution in [0.25, 0.3) is 0 Å². The Morgan fingerprint density at radius 1 is 0.845 bits per heavy atom. The molecular formula is C54H92N4O13. The van der Waals surface area contributed by atoms with Crippen LogP contribution in [0.1, 0.15) is 107 Å². The average Bonchev–Trinajstić information content (AvgIpc) is 3.35. The Kier molecular flexibility index (Phi) is 21.9. The normalized spacial score (nSPS) is 41.5. The predicted octanol–water partition coefficient (Wildman–Crippen LogP) is 5.01. The van der Waals surface area contributed by atoms with Crippen molar-refractivity contribution in [1.82, 2.24) is 14.7 Å². The molecule has 71 heavy (non-hydrogen) atoms. The first-order valence-corrected chi connectivity index (χ1v) is 26.3. The van der Waals surface area contributed by atoms with Crippen molar-refractivity contribution >= 4 is 11.7 Å². The van der Waals surface area contributed by atoms with E-state index in [0.29, 0.717) is 18.7 Å². The number of cyclic esters (lactones) is 1. The molecule has 4 saturated heterocycles. The summed E-state index contributed by atoms with van der Waals surface area (Å²) in [6, 6.07) is 9.73. The summed E-state index contributed by atoms with van der Waals surface area (Å²) in [7, 11) is 5.11. The maximum Gasteiger partial charge on any atom is 0.311 e. The average molecular weight is 1010 g/mol. The number of rotatable bonds is 16. The van der Waals surface area contributed by atoms with E-state index in [4.69, 9.17) is 43.2 Å². The van der Waals surface area contributed by atoms with Gasteiger partial charge in [-0.15, -0.1) is 0 Å². The number of likely N-dealkylation sites (N-methyl/N-ethyl adjacent to an activating group) is 2. The number of oxime groups is 1. The van der Waals surface area contributed by atoms with Gasteiger partial charge in [-0.1, -0.05) is 76.2 Å². The zero-order valence-electron chi connectivity index (χ0n) is 45.4. The molecule has 0 unspecified atom stereocenters. The number of nitrogens with zero attached hydrogens (tertiary/aromatic N) is 4. The molecule has 17 heteroatoms. The minimum Gasteiger partial charge on any atom is -0.459 e. The zero-order chi connectivity index (χ0) is 52.4. The number of esters is 1. The second-order valence-corrected chi connectivity index (χ2v) is 21.7. The van der Waals surface area contributed by atoms with Gasteiger partial charge in [-0.05, 0) is 86.0 Å². The van der Waals surface area contributed by atoms with E-state index in [-0.39, 0.29) is 38.0 Å². The summed E-state index contributed by atoms with van der Waals surface area (Å²) >= 11 is 0. The maximum atomic E-state index is 14.7. The van der Waals surface area contributed by atoms with Gasteiger partial charge >= 0.3 is 5.97 Å². The van der Waals surface area contributed by atoms with Crippen LogP contribution in [-0.4, -0.2) is 198 Å². The summed E-state index contributed by atoms with van der Waals surface area (Å²) in [5.74, 6) is -3.68. The van der Waals surface area contributed by atoms with E-state index in [0.717, 1.165) is 44.8 Å². The van der Waals surface area contributed by atoms with Crippen molar-refractivity contribution in [3.05, 3.63) is 48.0 Å². The van der Waals surface area contributed by atoms with Crippen LogP contribution < -0.4 is 0 Å². The molecule has 1 aromatic carbocycles. The molecule has 0 aromatic heterocycles. The minimum absolute atomic E-state index is 0.128. The summed E-state index contributed by atoms with van der Waals surface area (Å²) in [6.45, 7) is 26.9. The fourth-order valence-corrected chi connectivity index (χ4v) is 11.4. The molecule has 4 fully saturated rings. The van der Waals surface area contributed by atoms with Crippen molar-refractivity contribution in [2.24, 2.45) is 28.8 Å². The van der Waals surface area contributed by atoms with Gasteiger partial charge in [-0.25, -0.2) is 0 Å². The quantitative estimate of drug-likeness (QED) is 0.0747. The Labute approximate surface area is 425 Å². The third-order valence-electron chi connectivity index (χ3n) is 16.3. The Hall–Kier alpha value is -2.62. The van der Waals surface area contributed by atoms with Crippen molar-refractivity contribution in [3.8, 4) is 0 Å². The number of hydrogen-bond acceptors (Lipinski definition) is 17. The number of ether oxygens (including phenoxy) is 7. The Balaban J connectivity index is 1.57. The standard InChI is InChI=1S/C54H92N4O13/c1-15-42-54(11,63)47(60)36(5)44(55-66-29-21-20-24-58-27-25-57(16-2)26-28-58)34(3)31-53(10,65-14)49(71-51-45(59)41(30-35(4)67-51)56(12)33-40-22-18-17-19-23-40)37(6)46(38(7)50(62)69-42)70-43-32-52(9,64-13)48(61)39(8)68-43/h17-23,34-39,41-43,45-49,51,59-61,63H,15-16,24-33H2,1-14H3/b21-20+,55-44+/t34-,35-,36+,37+,38-,39+,41+,42-,43+,45-,46+,47-,48+,49-,51+,52-,53+,54-/m1/s1. The molecule has 0 saturated carbocycles. The number of methoxy groups -OCH3 is 2. The Morgan fingerprint density at radius 3 is 2.11 bits per heavy atom. The molecule has 18 atom stereocenters. The van der Waals surface area contributed by atoms with Gasteiger partial charge in [-0.2, -0.15) is 0 Å². The highest BCUT2D eigenvalue weighted by Gasteiger charge is 2.54. The zero-order valence-corrected chi connectivity index (χ0v) is 45.4. The van der Waals surface area contributed by atoms with Gasteiger partial charge in [0.2, 0.25) is 0 Å². The second kappa shape index (κ2) is 26.2. The van der Waals surface area contributed by atoms with Gasteiger partial charge in [0.1, 0.15) is 30.5 Å². The number of carbonyl (C=O) groups is 1. The number of hydrogen-bond donors (Lipinski definition) is 4. The van der Waals surface area contributed by atoms with Crippen LogP contribution in [0, 0.1) is 23.7 Å². The van der Waals surface area contributed by atoms with Crippen LogP contribution in [0.2, 0.25) is 0 Å². The number of aliphatic hydroxyl groups excluding tert-OH is 3. The van der Waals surface area contributed by atoms with E-state index in [1.165, 1.54) is 14.0 Å². The van der Waals surface area contributed by atoms with E-state index < -0.39 is 102 Å². The lowest BCUT2D eigenvalue weighted by Gasteiger charge is -2.50. The monoisotopic (exact) mass is 1000 g/mol. The Morgan fingerprint density at radius 2 is 1.49 bits per heavy atom. The van der Waals surface area contributed by atoms with Crippen LogP contribution in [0.15, 0.2) is 47.6 Å². The number of piperazine rings is 1. The van der Waals surface area contributed by atoms with Gasteiger partial charge < -0.3 is 63.3 Å². The summed E-state index contributed by atoms with van der Waals surface area (Å²) in [6.07, 6.45) is -4.62. The first-order valence-electron chi connectivity index (χ1n) is 26.3. The van der Waals surface area contributed by atoms with Crippen molar-refractivity contribution in [1.29, 1.82) is 0 Å². The fourth-order valence-electron chi connectivity index (χ4n) is 11.4. The summed E-state index contributed by atoms with van der Waals surface area (Å²) < 4.78 is 45.6. The van der Waals surface area contributed by atoms with Gasteiger partial charge in [-0.3, -0.25) is 14.6 Å². The van der Waals surface area contributed by atoms with Gasteiger partial charge in [0.15, 0.2) is 12.6 Å². The van der Waals surface area contributed by atoms with Crippen molar-refractivity contribution in [3.63, 3.8) is 0 Å². The molecule has 0 radical (unpaired) electrons. The third kappa shape index (κ3) is 14.6. The highest BCUT2D eigenvalue weighted by molar-refractivity contribution is 5.88. The van der Waals surface area contributed by atoms with E-state index in [2.05, 4.69) is 39.8 Å². The van der Waals surface area contributed by atoms with E-state index in [1.807, 2.05) is 59.0 Å².